The van der Waals surface area contributed by atoms with E-state index in [0.29, 0.717) is 0 Å². The molecule has 0 aliphatic carbocycles. The maximum absolute atomic E-state index is 4.61. The average molecular weight is 353 g/mol. The largest absolute Gasteiger partial charge is 0.368 e. The molecule has 1 aromatic carbocycles. The van der Waals surface area contributed by atoms with Gasteiger partial charge in [-0.1, -0.05) is 19.1 Å². The summed E-state index contributed by atoms with van der Waals surface area (Å²) in [5.74, 6) is 1.10. The Labute approximate surface area is 153 Å². The van der Waals surface area contributed by atoms with Gasteiger partial charge in [-0.2, -0.15) is 0 Å². The number of thiophene rings is 1. The van der Waals surface area contributed by atoms with Gasteiger partial charge in [0.2, 0.25) is 0 Å². The summed E-state index contributed by atoms with van der Waals surface area (Å²) in [6, 6.07) is 8.99. The maximum Gasteiger partial charge on any atom is 0.140 e. The number of rotatable bonds is 3. The minimum atomic E-state index is 0.997. The second kappa shape index (κ2) is 6.64. The summed E-state index contributed by atoms with van der Waals surface area (Å²) in [6.45, 7) is 10.6. The Balaban J connectivity index is 1.56. The van der Waals surface area contributed by atoms with Gasteiger partial charge in [-0.05, 0) is 43.5 Å². The Morgan fingerprint density at radius 1 is 1.00 bits per heavy atom. The first-order valence-corrected chi connectivity index (χ1v) is 9.78. The zero-order chi connectivity index (χ0) is 17.4. The van der Waals surface area contributed by atoms with Crippen molar-refractivity contribution in [3.63, 3.8) is 0 Å². The van der Waals surface area contributed by atoms with Crippen LogP contribution < -0.4 is 9.80 Å². The standard InChI is InChI=1S/C20H24N4S/c1-4-16-12-17-19(21-13-22-20(17)25-16)24-9-7-23(8-10-24)18-11-14(2)5-6-15(18)3/h5-6,11-13H,4,7-10H2,1-3H3. The van der Waals surface area contributed by atoms with Gasteiger partial charge in [0.25, 0.3) is 0 Å². The Morgan fingerprint density at radius 2 is 1.76 bits per heavy atom. The molecule has 3 aromatic rings. The molecule has 1 saturated heterocycles. The molecule has 0 N–H and O–H groups in total. The SMILES string of the molecule is CCc1cc2c(N3CCN(c4cc(C)ccc4C)CC3)ncnc2s1. The summed E-state index contributed by atoms with van der Waals surface area (Å²) in [5.41, 5.74) is 4.05. The van der Waals surface area contributed by atoms with Crippen molar-refractivity contribution in [3.05, 3.63) is 46.6 Å². The third-order valence-electron chi connectivity index (χ3n) is 4.99. The first-order chi connectivity index (χ1) is 12.2. The van der Waals surface area contributed by atoms with Crippen molar-refractivity contribution in [2.24, 2.45) is 0 Å². The lowest BCUT2D eigenvalue weighted by atomic mass is 10.1. The van der Waals surface area contributed by atoms with Gasteiger partial charge in [0.1, 0.15) is 17.0 Å². The molecule has 0 radical (unpaired) electrons. The fourth-order valence-corrected chi connectivity index (χ4v) is 4.47. The number of piperazine rings is 1. The van der Waals surface area contributed by atoms with Crippen LogP contribution in [0.1, 0.15) is 22.9 Å². The van der Waals surface area contributed by atoms with Crippen LogP contribution in [-0.2, 0) is 6.42 Å². The molecule has 0 saturated carbocycles. The van der Waals surface area contributed by atoms with Gasteiger partial charge in [0.15, 0.2) is 0 Å². The number of hydrogen-bond donors (Lipinski definition) is 0. The third kappa shape index (κ3) is 3.09. The lowest BCUT2D eigenvalue weighted by Crippen LogP contribution is -2.47. The van der Waals surface area contributed by atoms with Crippen LogP contribution in [0.4, 0.5) is 11.5 Å². The lowest BCUT2D eigenvalue weighted by molar-refractivity contribution is 0.647. The van der Waals surface area contributed by atoms with Gasteiger partial charge >= 0.3 is 0 Å². The zero-order valence-electron chi connectivity index (χ0n) is 15.1. The van der Waals surface area contributed by atoms with Crippen molar-refractivity contribution < 1.29 is 0 Å². The van der Waals surface area contributed by atoms with E-state index in [-0.39, 0.29) is 0 Å². The number of hydrogen-bond acceptors (Lipinski definition) is 5. The molecule has 0 unspecified atom stereocenters. The molecule has 1 fully saturated rings. The van der Waals surface area contributed by atoms with E-state index in [1.165, 1.54) is 27.1 Å². The lowest BCUT2D eigenvalue weighted by Gasteiger charge is -2.37. The normalized spacial score (nSPS) is 15.2. The van der Waals surface area contributed by atoms with Gasteiger partial charge in [0, 0.05) is 36.7 Å². The Kier molecular flexibility index (Phi) is 4.34. The number of aryl methyl sites for hydroxylation is 3. The van der Waals surface area contributed by atoms with Crippen molar-refractivity contribution in [2.45, 2.75) is 27.2 Å². The monoisotopic (exact) mass is 352 g/mol. The minimum absolute atomic E-state index is 0.997. The summed E-state index contributed by atoms with van der Waals surface area (Å²) in [6.07, 6.45) is 2.77. The molecule has 4 rings (SSSR count). The summed E-state index contributed by atoms with van der Waals surface area (Å²) >= 11 is 1.79. The third-order valence-corrected chi connectivity index (χ3v) is 6.18. The quantitative estimate of drug-likeness (QED) is 0.707. The van der Waals surface area contributed by atoms with E-state index in [2.05, 4.69) is 64.8 Å². The Morgan fingerprint density at radius 3 is 2.52 bits per heavy atom. The van der Waals surface area contributed by atoms with Crippen LogP contribution in [0.25, 0.3) is 10.2 Å². The number of benzene rings is 1. The molecule has 130 valence electrons. The predicted molar refractivity (Wildman–Crippen MR) is 107 cm³/mol. The van der Waals surface area contributed by atoms with E-state index in [1.807, 2.05) is 0 Å². The first-order valence-electron chi connectivity index (χ1n) is 8.96. The van der Waals surface area contributed by atoms with E-state index in [9.17, 15) is 0 Å². The number of anilines is 2. The van der Waals surface area contributed by atoms with Crippen molar-refractivity contribution in [3.8, 4) is 0 Å². The van der Waals surface area contributed by atoms with Crippen molar-refractivity contribution in [1.29, 1.82) is 0 Å². The molecular weight excluding hydrogens is 328 g/mol. The highest BCUT2D eigenvalue weighted by Crippen LogP contribution is 2.31. The smallest absolute Gasteiger partial charge is 0.140 e. The van der Waals surface area contributed by atoms with Crippen molar-refractivity contribution >= 4 is 33.1 Å². The Hall–Kier alpha value is -2.14. The molecular formula is C20H24N4S. The van der Waals surface area contributed by atoms with Gasteiger partial charge in [-0.25, -0.2) is 9.97 Å². The highest BCUT2D eigenvalue weighted by Gasteiger charge is 2.21. The number of nitrogens with zero attached hydrogens (tertiary/aromatic N) is 4. The van der Waals surface area contributed by atoms with Crippen LogP contribution in [-0.4, -0.2) is 36.1 Å². The summed E-state index contributed by atoms with van der Waals surface area (Å²) < 4.78 is 0. The summed E-state index contributed by atoms with van der Waals surface area (Å²) in [7, 11) is 0. The van der Waals surface area contributed by atoms with Gasteiger partial charge < -0.3 is 9.80 Å². The van der Waals surface area contributed by atoms with Crippen molar-refractivity contribution in [2.75, 3.05) is 36.0 Å². The molecule has 5 heteroatoms. The van der Waals surface area contributed by atoms with Gasteiger partial charge in [0.05, 0.1) is 5.39 Å². The van der Waals surface area contributed by atoms with E-state index in [4.69, 9.17) is 0 Å². The van der Waals surface area contributed by atoms with Crippen LogP contribution in [0.3, 0.4) is 0 Å². The molecule has 25 heavy (non-hydrogen) atoms. The molecule has 0 amide bonds. The molecule has 0 spiro atoms. The van der Waals surface area contributed by atoms with E-state index >= 15 is 0 Å². The first kappa shape index (κ1) is 16.3. The fourth-order valence-electron chi connectivity index (χ4n) is 3.54. The molecule has 3 heterocycles. The highest BCUT2D eigenvalue weighted by molar-refractivity contribution is 7.18. The van der Waals surface area contributed by atoms with E-state index in [1.54, 1.807) is 17.7 Å². The predicted octanol–water partition coefficient (Wildman–Crippen LogP) is 4.20. The van der Waals surface area contributed by atoms with E-state index in [0.717, 1.165) is 43.2 Å². The second-order valence-corrected chi connectivity index (χ2v) is 7.86. The van der Waals surface area contributed by atoms with Gasteiger partial charge in [-0.15, -0.1) is 11.3 Å². The molecule has 1 aliphatic rings. The number of fused-ring (bicyclic) bond motifs is 1. The average Bonchev–Trinajstić information content (AvgIpc) is 3.07. The zero-order valence-corrected chi connectivity index (χ0v) is 15.9. The molecule has 2 aromatic heterocycles. The maximum atomic E-state index is 4.61. The summed E-state index contributed by atoms with van der Waals surface area (Å²) in [4.78, 5) is 16.5. The fraction of sp³-hybridized carbons (Fsp3) is 0.400. The molecule has 1 aliphatic heterocycles. The summed E-state index contributed by atoms with van der Waals surface area (Å²) in [5, 5.41) is 1.21. The molecule has 0 atom stereocenters. The van der Waals surface area contributed by atoms with Crippen LogP contribution in [0, 0.1) is 13.8 Å². The van der Waals surface area contributed by atoms with Crippen LogP contribution in [0.5, 0.6) is 0 Å². The second-order valence-electron chi connectivity index (χ2n) is 6.75. The Bertz CT molecular complexity index is 894. The van der Waals surface area contributed by atoms with E-state index < -0.39 is 0 Å². The van der Waals surface area contributed by atoms with Crippen LogP contribution >= 0.6 is 11.3 Å². The van der Waals surface area contributed by atoms with Crippen LogP contribution in [0.2, 0.25) is 0 Å². The van der Waals surface area contributed by atoms with Crippen LogP contribution in [0.15, 0.2) is 30.6 Å². The molecule has 0 bridgehead atoms. The highest BCUT2D eigenvalue weighted by atomic mass is 32.1. The van der Waals surface area contributed by atoms with Gasteiger partial charge in [-0.3, -0.25) is 0 Å². The minimum Gasteiger partial charge on any atom is -0.368 e. The topological polar surface area (TPSA) is 32.3 Å². The number of aromatic nitrogens is 2. The molecule has 4 nitrogen and oxygen atoms in total. The van der Waals surface area contributed by atoms with Crippen molar-refractivity contribution in [1.82, 2.24) is 9.97 Å².